The quantitative estimate of drug-likeness (QED) is 0.377. The molecule has 1 fully saturated rings. The molecule has 1 saturated carbocycles. The third-order valence-corrected chi connectivity index (χ3v) is 7.89. The summed E-state index contributed by atoms with van der Waals surface area (Å²) in [5, 5.41) is 12.3. The standard InChI is InChI=1S/C22H35N2O6P/c1-15(2)21(24-19(25)13-10-16-6-4-3-5-7-16)31(28,29)30-20(22(26)27)18-11-8-17(14-23)9-12-18/h3-7,15,17-18,20-21H,8-14,23H2,1-2H3,(H,24,25)(H,26,27)(H,28,29). The number of hydrogen-bond acceptors (Lipinski definition) is 5. The van der Waals surface area contributed by atoms with E-state index in [1.807, 2.05) is 30.3 Å². The van der Waals surface area contributed by atoms with E-state index in [9.17, 15) is 24.2 Å². The Morgan fingerprint density at radius 3 is 2.32 bits per heavy atom. The molecule has 1 amide bonds. The van der Waals surface area contributed by atoms with E-state index >= 15 is 0 Å². The van der Waals surface area contributed by atoms with Crippen LogP contribution in [-0.4, -0.2) is 40.3 Å². The number of hydrogen-bond donors (Lipinski definition) is 4. The van der Waals surface area contributed by atoms with Gasteiger partial charge >= 0.3 is 13.6 Å². The first kappa shape index (κ1) is 25.5. The second-order valence-electron chi connectivity index (χ2n) is 8.69. The van der Waals surface area contributed by atoms with Gasteiger partial charge in [0.1, 0.15) is 5.78 Å². The summed E-state index contributed by atoms with van der Waals surface area (Å²) in [6, 6.07) is 9.47. The first-order valence-corrected chi connectivity index (χ1v) is 12.6. The number of aryl methyl sites for hydroxylation is 1. The molecule has 1 aromatic carbocycles. The third-order valence-electron chi connectivity index (χ3n) is 5.94. The number of carbonyl (C=O) groups excluding carboxylic acids is 1. The molecule has 31 heavy (non-hydrogen) atoms. The summed E-state index contributed by atoms with van der Waals surface area (Å²) in [7, 11) is -4.44. The lowest BCUT2D eigenvalue weighted by atomic mass is 9.79. The van der Waals surface area contributed by atoms with Gasteiger partial charge in [0.2, 0.25) is 5.91 Å². The summed E-state index contributed by atoms with van der Waals surface area (Å²) in [6.45, 7) is 3.93. The monoisotopic (exact) mass is 454 g/mol. The van der Waals surface area contributed by atoms with Crippen LogP contribution in [0.4, 0.5) is 0 Å². The van der Waals surface area contributed by atoms with Crippen LogP contribution in [-0.2, 0) is 25.1 Å². The van der Waals surface area contributed by atoms with Crippen molar-refractivity contribution in [2.75, 3.05) is 6.54 Å². The smallest absolute Gasteiger partial charge is 0.351 e. The number of carboxylic acid groups (broad SMARTS) is 1. The first-order valence-electron chi connectivity index (χ1n) is 10.9. The van der Waals surface area contributed by atoms with Crippen LogP contribution in [0.1, 0.15) is 51.5 Å². The fourth-order valence-corrected chi connectivity index (χ4v) is 5.83. The van der Waals surface area contributed by atoms with Gasteiger partial charge in [-0.3, -0.25) is 13.9 Å². The Kier molecular flexibility index (Phi) is 9.69. The molecule has 3 atom stereocenters. The fraction of sp³-hybridized carbons (Fsp3) is 0.636. The van der Waals surface area contributed by atoms with E-state index in [0.717, 1.165) is 18.4 Å². The molecule has 1 aliphatic rings. The van der Waals surface area contributed by atoms with Crippen LogP contribution in [0.25, 0.3) is 0 Å². The van der Waals surface area contributed by atoms with Crippen molar-refractivity contribution in [3.8, 4) is 0 Å². The SMILES string of the molecule is CC(C)C(NC(=O)CCc1ccccc1)P(=O)(O)OC(C(=O)O)C1CCC(CN)CC1. The normalized spacial score (nSPS) is 23.0. The summed E-state index contributed by atoms with van der Waals surface area (Å²) in [5.74, 6) is -3.25. The molecule has 0 saturated heterocycles. The van der Waals surface area contributed by atoms with Gasteiger partial charge in [-0.25, -0.2) is 4.79 Å². The molecule has 2 rings (SSSR count). The molecular weight excluding hydrogens is 419 g/mol. The van der Waals surface area contributed by atoms with Crippen LogP contribution in [0.5, 0.6) is 0 Å². The van der Waals surface area contributed by atoms with Crippen LogP contribution < -0.4 is 11.1 Å². The summed E-state index contributed by atoms with van der Waals surface area (Å²) in [6.07, 6.45) is 1.96. The minimum atomic E-state index is -4.44. The Morgan fingerprint density at radius 1 is 1.19 bits per heavy atom. The number of rotatable bonds is 11. The average Bonchev–Trinajstić information content (AvgIpc) is 2.74. The number of benzene rings is 1. The first-order chi connectivity index (χ1) is 14.6. The zero-order valence-corrected chi connectivity index (χ0v) is 19.2. The number of aliphatic carboxylic acids is 1. The van der Waals surface area contributed by atoms with Gasteiger partial charge in [0.05, 0.1) is 0 Å². The van der Waals surface area contributed by atoms with Crippen molar-refractivity contribution in [3.63, 3.8) is 0 Å². The number of nitrogens with two attached hydrogens (primary N) is 1. The van der Waals surface area contributed by atoms with Crippen LogP contribution in [0.15, 0.2) is 30.3 Å². The maximum atomic E-state index is 13.1. The molecule has 0 aliphatic heterocycles. The van der Waals surface area contributed by atoms with Gasteiger partial charge in [0.15, 0.2) is 6.10 Å². The molecule has 1 aromatic rings. The summed E-state index contributed by atoms with van der Waals surface area (Å²) >= 11 is 0. The highest BCUT2D eigenvalue weighted by Crippen LogP contribution is 2.52. The number of nitrogens with one attached hydrogen (secondary N) is 1. The van der Waals surface area contributed by atoms with Crippen LogP contribution >= 0.6 is 7.60 Å². The van der Waals surface area contributed by atoms with Crippen molar-refractivity contribution in [1.29, 1.82) is 0 Å². The van der Waals surface area contributed by atoms with E-state index < -0.39 is 31.4 Å². The Labute approximate surface area is 184 Å². The molecule has 1 aliphatic carbocycles. The zero-order valence-electron chi connectivity index (χ0n) is 18.3. The molecule has 0 heterocycles. The lowest BCUT2D eigenvalue weighted by Crippen LogP contribution is -2.42. The molecular formula is C22H35N2O6P. The van der Waals surface area contributed by atoms with Crippen molar-refractivity contribution in [2.24, 2.45) is 23.5 Å². The van der Waals surface area contributed by atoms with E-state index in [0.29, 0.717) is 31.7 Å². The zero-order chi connectivity index (χ0) is 23.0. The summed E-state index contributed by atoms with van der Waals surface area (Å²) in [4.78, 5) is 34.9. The third kappa shape index (κ3) is 7.72. The van der Waals surface area contributed by atoms with Crippen molar-refractivity contribution in [2.45, 2.75) is 64.3 Å². The Morgan fingerprint density at radius 2 is 1.81 bits per heavy atom. The Bertz CT molecular complexity index is 765. The van der Waals surface area contributed by atoms with E-state index in [2.05, 4.69) is 5.32 Å². The summed E-state index contributed by atoms with van der Waals surface area (Å²) < 4.78 is 18.4. The molecule has 5 N–H and O–H groups in total. The van der Waals surface area contributed by atoms with Gasteiger partial charge in [-0.2, -0.15) is 0 Å². The maximum Gasteiger partial charge on any atom is 0.351 e. The topological polar surface area (TPSA) is 139 Å². The minimum Gasteiger partial charge on any atom is -0.479 e. The predicted molar refractivity (Wildman–Crippen MR) is 118 cm³/mol. The molecule has 0 radical (unpaired) electrons. The molecule has 9 heteroatoms. The molecule has 0 spiro atoms. The van der Waals surface area contributed by atoms with Gasteiger partial charge < -0.3 is 21.1 Å². The van der Waals surface area contributed by atoms with E-state index in [-0.39, 0.29) is 18.2 Å². The molecule has 0 aromatic heterocycles. The fourth-order valence-electron chi connectivity index (χ4n) is 4.05. The Hall–Kier alpha value is -1.73. The van der Waals surface area contributed by atoms with Crippen molar-refractivity contribution in [3.05, 3.63) is 35.9 Å². The van der Waals surface area contributed by atoms with Crippen molar-refractivity contribution >= 4 is 19.5 Å². The van der Waals surface area contributed by atoms with E-state index in [1.165, 1.54) is 0 Å². The average molecular weight is 455 g/mol. The number of carbonyl (C=O) groups is 2. The van der Waals surface area contributed by atoms with Crippen LogP contribution in [0.2, 0.25) is 0 Å². The van der Waals surface area contributed by atoms with Crippen molar-refractivity contribution in [1.82, 2.24) is 5.32 Å². The summed E-state index contributed by atoms with van der Waals surface area (Å²) in [5.41, 5.74) is 6.68. The van der Waals surface area contributed by atoms with Gasteiger partial charge in [-0.15, -0.1) is 0 Å². The van der Waals surface area contributed by atoms with Gasteiger partial charge in [-0.1, -0.05) is 44.2 Å². The maximum absolute atomic E-state index is 13.1. The number of amides is 1. The molecule has 174 valence electrons. The highest BCUT2D eigenvalue weighted by Gasteiger charge is 2.43. The lowest BCUT2D eigenvalue weighted by molar-refractivity contribution is -0.149. The van der Waals surface area contributed by atoms with E-state index in [1.54, 1.807) is 13.8 Å². The van der Waals surface area contributed by atoms with Crippen molar-refractivity contribution < 1.29 is 28.7 Å². The molecule has 8 nitrogen and oxygen atoms in total. The predicted octanol–water partition coefficient (Wildman–Crippen LogP) is 3.14. The second kappa shape index (κ2) is 11.8. The van der Waals surface area contributed by atoms with Gasteiger partial charge in [0, 0.05) is 6.42 Å². The highest BCUT2D eigenvalue weighted by atomic mass is 31.2. The molecule has 3 unspecified atom stereocenters. The highest BCUT2D eigenvalue weighted by molar-refractivity contribution is 7.53. The van der Waals surface area contributed by atoms with Crippen LogP contribution in [0.3, 0.4) is 0 Å². The lowest BCUT2D eigenvalue weighted by Gasteiger charge is -2.34. The van der Waals surface area contributed by atoms with Gasteiger partial charge in [0.25, 0.3) is 0 Å². The Balaban J connectivity index is 2.02. The van der Waals surface area contributed by atoms with E-state index in [4.69, 9.17) is 10.3 Å². The minimum absolute atomic E-state index is 0.151. The second-order valence-corrected chi connectivity index (χ2v) is 10.6. The number of carboxylic acids is 1. The molecule has 0 bridgehead atoms. The largest absolute Gasteiger partial charge is 0.479 e. The van der Waals surface area contributed by atoms with Crippen LogP contribution in [0, 0.1) is 17.8 Å². The van der Waals surface area contributed by atoms with Gasteiger partial charge in [-0.05, 0) is 62.0 Å².